The van der Waals surface area contributed by atoms with Gasteiger partial charge in [-0.1, -0.05) is 13.8 Å². The van der Waals surface area contributed by atoms with Crippen molar-refractivity contribution in [1.82, 2.24) is 4.90 Å². The molecule has 0 aromatic rings. The number of methoxy groups -OCH3 is 1. The number of ether oxygens (including phenoxy) is 1. The molecule has 1 saturated heterocycles. The fourth-order valence-corrected chi connectivity index (χ4v) is 1.92. The minimum atomic E-state index is -0.0859. The van der Waals surface area contributed by atoms with Crippen LogP contribution in [-0.2, 0) is 9.53 Å². The molecule has 1 rings (SSSR count). The van der Waals surface area contributed by atoms with Gasteiger partial charge >= 0.3 is 5.97 Å². The molecule has 2 atom stereocenters. The normalized spacial score (nSPS) is 24.9. The van der Waals surface area contributed by atoms with Gasteiger partial charge in [-0.25, -0.2) is 0 Å². The van der Waals surface area contributed by atoms with Crippen molar-refractivity contribution >= 4 is 5.97 Å². The maximum atomic E-state index is 11.1. The number of carbonyl (C=O) groups is 1. The van der Waals surface area contributed by atoms with E-state index in [0.717, 1.165) is 18.9 Å². The molecule has 0 N–H and O–H groups in total. The van der Waals surface area contributed by atoms with E-state index in [1.54, 1.807) is 0 Å². The van der Waals surface area contributed by atoms with Crippen LogP contribution in [0.2, 0.25) is 0 Å². The number of nitrogens with zero attached hydrogens (tertiary/aromatic N) is 1. The van der Waals surface area contributed by atoms with E-state index in [0.29, 0.717) is 0 Å². The number of carbonyl (C=O) groups excluding carboxylic acids is 1. The zero-order valence-corrected chi connectivity index (χ0v) is 9.45. The number of rotatable bonds is 4. The van der Waals surface area contributed by atoms with Gasteiger partial charge in [0.15, 0.2) is 0 Å². The van der Waals surface area contributed by atoms with Crippen molar-refractivity contribution in [3.05, 3.63) is 0 Å². The molecule has 0 spiro atoms. The second kappa shape index (κ2) is 5.35. The lowest BCUT2D eigenvalue weighted by Gasteiger charge is -2.17. The Morgan fingerprint density at radius 3 is 2.86 bits per heavy atom. The van der Waals surface area contributed by atoms with Gasteiger partial charge in [0, 0.05) is 6.54 Å². The Hall–Kier alpha value is -0.570. The third-order valence-corrected chi connectivity index (χ3v) is 2.99. The van der Waals surface area contributed by atoms with Crippen molar-refractivity contribution in [1.29, 1.82) is 0 Å². The summed E-state index contributed by atoms with van der Waals surface area (Å²) in [4.78, 5) is 13.6. The lowest BCUT2D eigenvalue weighted by atomic mass is 10.1. The smallest absolute Gasteiger partial charge is 0.308 e. The molecular formula is C11H21NO2. The molecule has 1 fully saturated rings. The number of likely N-dealkylation sites (tertiary alicyclic amines) is 1. The summed E-state index contributed by atoms with van der Waals surface area (Å²) >= 11 is 0. The Balaban J connectivity index is 2.17. The van der Waals surface area contributed by atoms with Crippen LogP contribution in [0.1, 0.15) is 26.7 Å². The fraction of sp³-hybridized carbons (Fsp3) is 0.909. The van der Waals surface area contributed by atoms with Crippen molar-refractivity contribution in [3.8, 4) is 0 Å². The van der Waals surface area contributed by atoms with Crippen LogP contribution in [0.4, 0.5) is 0 Å². The van der Waals surface area contributed by atoms with E-state index in [2.05, 4.69) is 11.8 Å². The van der Waals surface area contributed by atoms with Crippen LogP contribution in [-0.4, -0.2) is 37.6 Å². The lowest BCUT2D eigenvalue weighted by Crippen LogP contribution is -2.25. The zero-order valence-electron chi connectivity index (χ0n) is 9.45. The third kappa shape index (κ3) is 3.29. The lowest BCUT2D eigenvalue weighted by molar-refractivity contribution is -0.145. The fourth-order valence-electron chi connectivity index (χ4n) is 1.92. The van der Waals surface area contributed by atoms with E-state index in [1.165, 1.54) is 26.6 Å². The SMILES string of the molecule is COC(=O)C(C)CCN1CCC(C)C1. The van der Waals surface area contributed by atoms with Crippen LogP contribution in [0.5, 0.6) is 0 Å². The molecule has 0 aliphatic carbocycles. The first-order valence-corrected chi connectivity index (χ1v) is 5.43. The minimum absolute atomic E-state index is 0.0379. The molecule has 82 valence electrons. The van der Waals surface area contributed by atoms with Gasteiger partial charge in [0.25, 0.3) is 0 Å². The van der Waals surface area contributed by atoms with Gasteiger partial charge in [-0.15, -0.1) is 0 Å². The highest BCUT2D eigenvalue weighted by Gasteiger charge is 2.20. The van der Waals surface area contributed by atoms with Crippen LogP contribution >= 0.6 is 0 Å². The molecule has 1 heterocycles. The standard InChI is InChI=1S/C11H21NO2/c1-9-4-6-12(8-9)7-5-10(2)11(13)14-3/h9-10H,4-8H2,1-3H3. The molecule has 0 saturated carbocycles. The summed E-state index contributed by atoms with van der Waals surface area (Å²) in [6, 6.07) is 0. The van der Waals surface area contributed by atoms with Crippen LogP contribution in [0.15, 0.2) is 0 Å². The van der Waals surface area contributed by atoms with Crippen molar-refractivity contribution < 1.29 is 9.53 Å². The molecule has 3 heteroatoms. The number of hydrogen-bond donors (Lipinski definition) is 0. The van der Waals surface area contributed by atoms with Crippen LogP contribution in [0.3, 0.4) is 0 Å². The quantitative estimate of drug-likeness (QED) is 0.643. The van der Waals surface area contributed by atoms with Crippen molar-refractivity contribution in [2.75, 3.05) is 26.7 Å². The summed E-state index contributed by atoms with van der Waals surface area (Å²) in [5.41, 5.74) is 0. The van der Waals surface area contributed by atoms with Crippen molar-refractivity contribution in [2.45, 2.75) is 26.7 Å². The maximum Gasteiger partial charge on any atom is 0.308 e. The van der Waals surface area contributed by atoms with Gasteiger partial charge < -0.3 is 9.64 Å². The molecule has 1 aliphatic heterocycles. The van der Waals surface area contributed by atoms with Gasteiger partial charge in [-0.3, -0.25) is 4.79 Å². The minimum Gasteiger partial charge on any atom is -0.469 e. The highest BCUT2D eigenvalue weighted by atomic mass is 16.5. The highest BCUT2D eigenvalue weighted by molar-refractivity contribution is 5.71. The van der Waals surface area contributed by atoms with E-state index in [4.69, 9.17) is 4.74 Å². The first-order chi connectivity index (χ1) is 6.63. The molecule has 0 aromatic heterocycles. The average molecular weight is 199 g/mol. The second-order valence-corrected chi connectivity index (χ2v) is 4.41. The first-order valence-electron chi connectivity index (χ1n) is 5.43. The molecule has 14 heavy (non-hydrogen) atoms. The molecule has 0 aromatic carbocycles. The summed E-state index contributed by atoms with van der Waals surface area (Å²) in [5, 5.41) is 0. The molecule has 2 unspecified atom stereocenters. The van der Waals surface area contributed by atoms with Gasteiger partial charge in [-0.05, 0) is 31.8 Å². The molecule has 0 amide bonds. The van der Waals surface area contributed by atoms with Gasteiger partial charge in [0.2, 0.25) is 0 Å². The van der Waals surface area contributed by atoms with E-state index >= 15 is 0 Å². The third-order valence-electron chi connectivity index (χ3n) is 2.99. The summed E-state index contributed by atoms with van der Waals surface area (Å²) < 4.78 is 4.69. The molecule has 0 bridgehead atoms. The largest absolute Gasteiger partial charge is 0.469 e. The summed E-state index contributed by atoms with van der Waals surface area (Å²) in [6.45, 7) is 7.62. The van der Waals surface area contributed by atoms with E-state index < -0.39 is 0 Å². The monoisotopic (exact) mass is 199 g/mol. The van der Waals surface area contributed by atoms with Crippen LogP contribution < -0.4 is 0 Å². The molecule has 1 aliphatic rings. The van der Waals surface area contributed by atoms with Gasteiger partial charge in [0.1, 0.15) is 0 Å². The highest BCUT2D eigenvalue weighted by Crippen LogP contribution is 2.16. The average Bonchev–Trinajstić information content (AvgIpc) is 2.59. The predicted octanol–water partition coefficient (Wildman–Crippen LogP) is 1.53. The summed E-state index contributed by atoms with van der Waals surface area (Å²) in [6.07, 6.45) is 2.21. The summed E-state index contributed by atoms with van der Waals surface area (Å²) in [7, 11) is 1.46. The second-order valence-electron chi connectivity index (χ2n) is 4.41. The summed E-state index contributed by atoms with van der Waals surface area (Å²) in [5.74, 6) is 0.775. The Morgan fingerprint density at radius 1 is 1.64 bits per heavy atom. The Bertz CT molecular complexity index is 194. The maximum absolute atomic E-state index is 11.1. The van der Waals surface area contributed by atoms with E-state index in [9.17, 15) is 4.79 Å². The Labute approximate surface area is 86.4 Å². The van der Waals surface area contributed by atoms with Gasteiger partial charge in [-0.2, -0.15) is 0 Å². The van der Waals surface area contributed by atoms with E-state index in [1.807, 2.05) is 6.92 Å². The first kappa shape index (κ1) is 11.5. The van der Waals surface area contributed by atoms with Crippen molar-refractivity contribution in [2.24, 2.45) is 11.8 Å². The Morgan fingerprint density at radius 2 is 2.36 bits per heavy atom. The van der Waals surface area contributed by atoms with Crippen LogP contribution in [0, 0.1) is 11.8 Å². The zero-order chi connectivity index (χ0) is 10.6. The topological polar surface area (TPSA) is 29.5 Å². The molecule has 3 nitrogen and oxygen atoms in total. The van der Waals surface area contributed by atoms with Crippen LogP contribution in [0.25, 0.3) is 0 Å². The predicted molar refractivity (Wildman–Crippen MR) is 56.0 cm³/mol. The molecule has 0 radical (unpaired) electrons. The number of esters is 1. The van der Waals surface area contributed by atoms with Crippen molar-refractivity contribution in [3.63, 3.8) is 0 Å². The van der Waals surface area contributed by atoms with Gasteiger partial charge in [0.05, 0.1) is 13.0 Å². The Kier molecular flexibility index (Phi) is 4.39. The number of hydrogen-bond acceptors (Lipinski definition) is 3. The van der Waals surface area contributed by atoms with E-state index in [-0.39, 0.29) is 11.9 Å². The molecular weight excluding hydrogens is 178 g/mol.